The Morgan fingerprint density at radius 3 is 2.33 bits per heavy atom. The fraction of sp³-hybridized carbons (Fsp3) is 0.800. The lowest BCUT2D eigenvalue weighted by atomic mass is 9.95. The predicted octanol–water partition coefficient (Wildman–Crippen LogP) is -0.942. The van der Waals surface area contributed by atoms with E-state index in [9.17, 15) is 9.59 Å². The molecule has 1 heterocycles. The fourth-order valence-electron chi connectivity index (χ4n) is 2.15. The van der Waals surface area contributed by atoms with Crippen molar-refractivity contribution in [2.45, 2.75) is 25.3 Å². The number of carbonyl (C=O) groups excluding carboxylic acids is 2. The Morgan fingerprint density at radius 2 is 2.00 bits per heavy atom. The third-order valence-corrected chi connectivity index (χ3v) is 3.39. The van der Waals surface area contributed by atoms with Crippen LogP contribution in [0.3, 0.4) is 0 Å². The van der Waals surface area contributed by atoms with Gasteiger partial charge in [0.1, 0.15) is 6.04 Å². The average Bonchev–Trinajstić information content (AvgIpc) is 2.86. The molecular formula is C10H17N3O2. The Morgan fingerprint density at radius 1 is 1.33 bits per heavy atom. The maximum atomic E-state index is 12.0. The van der Waals surface area contributed by atoms with Crippen molar-refractivity contribution in [1.82, 2.24) is 4.90 Å². The van der Waals surface area contributed by atoms with Crippen molar-refractivity contribution in [2.75, 3.05) is 13.1 Å². The molecule has 2 amide bonds. The summed E-state index contributed by atoms with van der Waals surface area (Å²) >= 11 is 0. The molecule has 2 aliphatic rings. The molecule has 2 atom stereocenters. The van der Waals surface area contributed by atoms with Gasteiger partial charge in [0.15, 0.2) is 0 Å². The molecule has 1 aliphatic heterocycles. The van der Waals surface area contributed by atoms with Crippen molar-refractivity contribution in [3.63, 3.8) is 0 Å². The number of amides is 2. The van der Waals surface area contributed by atoms with Crippen molar-refractivity contribution in [3.8, 4) is 0 Å². The second kappa shape index (κ2) is 3.81. The molecule has 1 aliphatic carbocycles. The van der Waals surface area contributed by atoms with Crippen molar-refractivity contribution in [2.24, 2.45) is 23.3 Å². The van der Waals surface area contributed by atoms with Crippen LogP contribution in [0.25, 0.3) is 0 Å². The third kappa shape index (κ3) is 1.84. The lowest BCUT2D eigenvalue weighted by molar-refractivity contribution is -0.149. The van der Waals surface area contributed by atoms with Crippen molar-refractivity contribution >= 4 is 11.8 Å². The van der Waals surface area contributed by atoms with E-state index >= 15 is 0 Å². The van der Waals surface area contributed by atoms with Crippen LogP contribution >= 0.6 is 0 Å². The normalized spacial score (nSPS) is 27.0. The topological polar surface area (TPSA) is 89.4 Å². The number of primary amides is 1. The van der Waals surface area contributed by atoms with Crippen LogP contribution in [0.2, 0.25) is 0 Å². The standard InChI is InChI=1S/C10H17N3O2/c11-5-7(6-1-2-6)10(15)13-4-3-8(13)9(12)14/h6-8H,1-5,11H2,(H2,12,14). The number of carbonyl (C=O) groups is 2. The zero-order chi connectivity index (χ0) is 11.0. The SMILES string of the molecule is NCC(C(=O)N1CCC1C(N)=O)C1CC1. The number of rotatable bonds is 4. The van der Waals surface area contributed by atoms with Crippen LogP contribution < -0.4 is 11.5 Å². The number of nitrogens with zero attached hydrogens (tertiary/aromatic N) is 1. The molecule has 0 aromatic carbocycles. The minimum absolute atomic E-state index is 0.0232. The van der Waals surface area contributed by atoms with Gasteiger partial charge in [-0.25, -0.2) is 0 Å². The number of hydrogen-bond donors (Lipinski definition) is 2. The van der Waals surface area contributed by atoms with E-state index < -0.39 is 5.91 Å². The molecule has 2 rings (SSSR count). The predicted molar refractivity (Wildman–Crippen MR) is 54.6 cm³/mol. The van der Waals surface area contributed by atoms with Crippen molar-refractivity contribution < 1.29 is 9.59 Å². The summed E-state index contributed by atoms with van der Waals surface area (Å²) in [4.78, 5) is 24.6. The van der Waals surface area contributed by atoms with Gasteiger partial charge >= 0.3 is 0 Å². The Balaban J connectivity index is 1.97. The molecule has 0 aromatic rings. The number of nitrogens with two attached hydrogens (primary N) is 2. The zero-order valence-electron chi connectivity index (χ0n) is 8.69. The molecule has 0 aromatic heterocycles. The van der Waals surface area contributed by atoms with Crippen LogP contribution in [0, 0.1) is 11.8 Å². The van der Waals surface area contributed by atoms with E-state index in [1.807, 2.05) is 0 Å². The van der Waals surface area contributed by atoms with Gasteiger partial charge in [-0.15, -0.1) is 0 Å². The molecule has 84 valence electrons. The van der Waals surface area contributed by atoms with Gasteiger partial charge in [0.25, 0.3) is 0 Å². The summed E-state index contributed by atoms with van der Waals surface area (Å²) in [5, 5.41) is 0. The van der Waals surface area contributed by atoms with E-state index in [-0.39, 0.29) is 17.9 Å². The Bertz CT molecular complexity index is 288. The number of hydrogen-bond acceptors (Lipinski definition) is 3. The lowest BCUT2D eigenvalue weighted by Gasteiger charge is -2.40. The number of likely N-dealkylation sites (tertiary alicyclic amines) is 1. The molecule has 2 fully saturated rings. The molecule has 2 unspecified atom stereocenters. The maximum Gasteiger partial charge on any atom is 0.240 e. The van der Waals surface area contributed by atoms with Gasteiger partial charge in [-0.2, -0.15) is 0 Å². The highest BCUT2D eigenvalue weighted by molar-refractivity contribution is 5.89. The largest absolute Gasteiger partial charge is 0.368 e. The molecule has 1 saturated carbocycles. The van der Waals surface area contributed by atoms with E-state index in [1.165, 1.54) is 0 Å². The minimum Gasteiger partial charge on any atom is -0.368 e. The van der Waals surface area contributed by atoms with Gasteiger partial charge in [0.2, 0.25) is 11.8 Å². The summed E-state index contributed by atoms with van der Waals surface area (Å²) in [5.41, 5.74) is 10.8. The summed E-state index contributed by atoms with van der Waals surface area (Å²) in [7, 11) is 0. The molecule has 15 heavy (non-hydrogen) atoms. The highest BCUT2D eigenvalue weighted by atomic mass is 16.2. The average molecular weight is 211 g/mol. The molecule has 1 saturated heterocycles. The first-order valence-corrected chi connectivity index (χ1v) is 5.45. The lowest BCUT2D eigenvalue weighted by Crippen LogP contribution is -2.59. The van der Waals surface area contributed by atoms with Crippen LogP contribution in [0.15, 0.2) is 0 Å². The van der Waals surface area contributed by atoms with Crippen molar-refractivity contribution in [1.29, 1.82) is 0 Å². The molecule has 5 heteroatoms. The van der Waals surface area contributed by atoms with Gasteiger partial charge in [-0.3, -0.25) is 9.59 Å². The molecular weight excluding hydrogens is 194 g/mol. The summed E-state index contributed by atoms with van der Waals surface area (Å²) in [6.45, 7) is 1.03. The zero-order valence-corrected chi connectivity index (χ0v) is 8.69. The monoisotopic (exact) mass is 211 g/mol. The first-order valence-electron chi connectivity index (χ1n) is 5.45. The first-order chi connectivity index (χ1) is 7.15. The molecule has 5 nitrogen and oxygen atoms in total. The van der Waals surface area contributed by atoms with E-state index in [0.717, 1.165) is 12.8 Å². The van der Waals surface area contributed by atoms with Gasteiger partial charge in [0.05, 0.1) is 5.92 Å². The smallest absolute Gasteiger partial charge is 0.240 e. The van der Waals surface area contributed by atoms with Gasteiger partial charge in [0, 0.05) is 13.1 Å². The molecule has 4 N–H and O–H groups in total. The second-order valence-corrected chi connectivity index (χ2v) is 4.42. The van der Waals surface area contributed by atoms with E-state index in [0.29, 0.717) is 25.4 Å². The van der Waals surface area contributed by atoms with Crippen LogP contribution in [0.5, 0.6) is 0 Å². The molecule has 0 bridgehead atoms. The maximum absolute atomic E-state index is 12.0. The fourth-order valence-corrected chi connectivity index (χ4v) is 2.15. The second-order valence-electron chi connectivity index (χ2n) is 4.42. The highest BCUT2D eigenvalue weighted by Crippen LogP contribution is 2.38. The molecule has 0 spiro atoms. The Kier molecular flexibility index (Phi) is 2.65. The summed E-state index contributed by atoms with van der Waals surface area (Å²) < 4.78 is 0. The van der Waals surface area contributed by atoms with E-state index in [1.54, 1.807) is 4.90 Å². The Hall–Kier alpha value is -1.10. The van der Waals surface area contributed by atoms with Crippen LogP contribution in [-0.4, -0.2) is 35.8 Å². The highest BCUT2D eigenvalue weighted by Gasteiger charge is 2.43. The summed E-state index contributed by atoms with van der Waals surface area (Å²) in [5.74, 6) is -0.0278. The van der Waals surface area contributed by atoms with Crippen LogP contribution in [0.1, 0.15) is 19.3 Å². The third-order valence-electron chi connectivity index (χ3n) is 3.39. The van der Waals surface area contributed by atoms with Crippen LogP contribution in [-0.2, 0) is 9.59 Å². The minimum atomic E-state index is -0.402. The van der Waals surface area contributed by atoms with Crippen molar-refractivity contribution in [3.05, 3.63) is 0 Å². The summed E-state index contributed by atoms with van der Waals surface area (Å²) in [6, 6.07) is -0.384. The first kappa shape index (κ1) is 10.4. The van der Waals surface area contributed by atoms with Crippen LogP contribution in [0.4, 0.5) is 0 Å². The van der Waals surface area contributed by atoms with Gasteiger partial charge < -0.3 is 16.4 Å². The quantitative estimate of drug-likeness (QED) is 0.628. The van der Waals surface area contributed by atoms with E-state index in [4.69, 9.17) is 11.5 Å². The van der Waals surface area contributed by atoms with Gasteiger partial charge in [-0.05, 0) is 25.2 Å². The van der Waals surface area contributed by atoms with E-state index in [2.05, 4.69) is 0 Å². The summed E-state index contributed by atoms with van der Waals surface area (Å²) in [6.07, 6.45) is 2.87. The Labute approximate surface area is 88.8 Å². The van der Waals surface area contributed by atoms with Gasteiger partial charge in [-0.1, -0.05) is 0 Å². The molecule has 0 radical (unpaired) electrons.